The molecule has 180 valence electrons. The molecule has 1 aliphatic carbocycles. The number of aliphatic hydroxyl groups is 1. The predicted molar refractivity (Wildman–Crippen MR) is 131 cm³/mol. The Balaban J connectivity index is 1.52. The Labute approximate surface area is 198 Å². The molecular formula is C27H39N3O3. The predicted octanol–water partition coefficient (Wildman–Crippen LogP) is 4.89. The van der Waals surface area contributed by atoms with Crippen LogP contribution in [-0.4, -0.2) is 59.2 Å². The second-order valence-electron chi connectivity index (χ2n) is 9.70. The number of hydrogen-bond donors (Lipinski definition) is 1. The van der Waals surface area contributed by atoms with E-state index >= 15 is 0 Å². The lowest BCUT2D eigenvalue weighted by Gasteiger charge is -2.35. The number of piperidine rings is 1. The number of aliphatic hydroxyl groups excluding tert-OH is 1. The Morgan fingerprint density at radius 2 is 1.82 bits per heavy atom. The van der Waals surface area contributed by atoms with Crippen LogP contribution in [0.1, 0.15) is 64.0 Å². The minimum atomic E-state index is -0.0406. The monoisotopic (exact) mass is 453 g/mol. The van der Waals surface area contributed by atoms with Gasteiger partial charge in [0, 0.05) is 30.6 Å². The molecule has 0 bridgehead atoms. The molecule has 0 radical (unpaired) electrons. The number of benzene rings is 1. The highest BCUT2D eigenvalue weighted by Gasteiger charge is 2.29. The summed E-state index contributed by atoms with van der Waals surface area (Å²) in [7, 11) is 2.08. The van der Waals surface area contributed by atoms with Crippen molar-refractivity contribution in [3.05, 3.63) is 36.0 Å². The first-order chi connectivity index (χ1) is 16.2. The van der Waals surface area contributed by atoms with Gasteiger partial charge in [-0.1, -0.05) is 31.9 Å². The second-order valence-corrected chi connectivity index (χ2v) is 9.70. The first-order valence-corrected chi connectivity index (χ1v) is 12.8. The summed E-state index contributed by atoms with van der Waals surface area (Å²) < 4.78 is 12.5. The van der Waals surface area contributed by atoms with Gasteiger partial charge < -0.3 is 19.5 Å². The fourth-order valence-corrected chi connectivity index (χ4v) is 5.00. The Hall–Kier alpha value is -2.18. The molecule has 2 aromatic rings. The summed E-state index contributed by atoms with van der Waals surface area (Å²) >= 11 is 0. The number of aromatic nitrogens is 2. The van der Waals surface area contributed by atoms with Crippen LogP contribution in [0.4, 0.5) is 0 Å². The lowest BCUT2D eigenvalue weighted by Crippen LogP contribution is -2.45. The van der Waals surface area contributed by atoms with Crippen LogP contribution in [0.25, 0.3) is 11.1 Å². The minimum absolute atomic E-state index is 0.0406. The SMILES string of the molecule is CCCCc1nnc(OC2CCN(C)C[C@H]2CO)cc1-c1ccc(OC2CCCCC2)cc1. The minimum Gasteiger partial charge on any atom is -0.490 e. The van der Waals surface area contributed by atoms with Crippen molar-refractivity contribution < 1.29 is 14.6 Å². The molecular weight excluding hydrogens is 414 g/mol. The van der Waals surface area contributed by atoms with Gasteiger partial charge in [0.2, 0.25) is 5.88 Å². The number of ether oxygens (including phenoxy) is 2. The number of nitrogens with zero attached hydrogens (tertiary/aromatic N) is 3. The fourth-order valence-electron chi connectivity index (χ4n) is 5.00. The van der Waals surface area contributed by atoms with Crippen molar-refractivity contribution in [1.29, 1.82) is 0 Å². The van der Waals surface area contributed by atoms with Gasteiger partial charge in [0.15, 0.2) is 0 Å². The van der Waals surface area contributed by atoms with E-state index in [-0.39, 0.29) is 18.6 Å². The van der Waals surface area contributed by atoms with E-state index in [0.717, 1.165) is 74.2 Å². The van der Waals surface area contributed by atoms with Crippen molar-refractivity contribution >= 4 is 0 Å². The quantitative estimate of drug-likeness (QED) is 0.583. The van der Waals surface area contributed by atoms with Crippen molar-refractivity contribution in [3.8, 4) is 22.8 Å². The molecule has 6 heteroatoms. The van der Waals surface area contributed by atoms with Crippen LogP contribution < -0.4 is 9.47 Å². The summed E-state index contributed by atoms with van der Waals surface area (Å²) in [4.78, 5) is 2.24. The molecule has 1 aromatic heterocycles. The highest BCUT2D eigenvalue weighted by molar-refractivity contribution is 5.67. The molecule has 1 aliphatic heterocycles. The number of hydrogen-bond acceptors (Lipinski definition) is 6. The van der Waals surface area contributed by atoms with Gasteiger partial charge in [0.1, 0.15) is 11.9 Å². The second kappa shape index (κ2) is 11.8. The topological polar surface area (TPSA) is 67.7 Å². The largest absolute Gasteiger partial charge is 0.490 e. The maximum absolute atomic E-state index is 9.82. The molecule has 2 heterocycles. The Kier molecular flexibility index (Phi) is 8.57. The average molecular weight is 454 g/mol. The van der Waals surface area contributed by atoms with Crippen LogP contribution in [0.15, 0.2) is 30.3 Å². The van der Waals surface area contributed by atoms with Crippen molar-refractivity contribution in [2.24, 2.45) is 5.92 Å². The van der Waals surface area contributed by atoms with Crippen LogP contribution >= 0.6 is 0 Å². The third-order valence-corrected chi connectivity index (χ3v) is 7.01. The molecule has 0 amide bonds. The van der Waals surface area contributed by atoms with Gasteiger partial charge in [-0.05, 0) is 69.7 Å². The molecule has 1 N–H and O–H groups in total. The summed E-state index contributed by atoms with van der Waals surface area (Å²) in [6.45, 7) is 4.10. The molecule has 33 heavy (non-hydrogen) atoms. The van der Waals surface area contributed by atoms with Crippen LogP contribution in [0, 0.1) is 5.92 Å². The molecule has 2 aliphatic rings. The van der Waals surface area contributed by atoms with E-state index in [0.29, 0.717) is 12.0 Å². The standard InChI is InChI=1S/C27H39N3O3/c1-3-4-10-25-24(20-11-13-23(14-12-20)32-22-8-6-5-7-9-22)17-27(29-28-25)33-26-15-16-30(2)18-21(26)19-31/h11-14,17,21-22,26,31H,3-10,15-16,18-19H2,1-2H3/t21-,26?/m0/s1. The molecule has 1 saturated carbocycles. The Morgan fingerprint density at radius 3 is 2.55 bits per heavy atom. The van der Waals surface area contributed by atoms with E-state index in [9.17, 15) is 5.11 Å². The lowest BCUT2D eigenvalue weighted by molar-refractivity contribution is 0.0209. The molecule has 2 fully saturated rings. The number of likely N-dealkylation sites (tertiary alicyclic amines) is 1. The summed E-state index contributed by atoms with van der Waals surface area (Å²) in [5, 5.41) is 18.8. The van der Waals surface area contributed by atoms with E-state index in [1.807, 2.05) is 6.07 Å². The zero-order chi connectivity index (χ0) is 23.0. The van der Waals surface area contributed by atoms with Crippen LogP contribution in [-0.2, 0) is 6.42 Å². The van der Waals surface area contributed by atoms with Crippen molar-refractivity contribution in [1.82, 2.24) is 15.1 Å². The Bertz CT molecular complexity index is 867. The summed E-state index contributed by atoms with van der Waals surface area (Å²) in [5.74, 6) is 1.57. The summed E-state index contributed by atoms with van der Waals surface area (Å²) in [6, 6.07) is 10.4. The van der Waals surface area contributed by atoms with Crippen molar-refractivity contribution in [2.75, 3.05) is 26.7 Å². The van der Waals surface area contributed by atoms with Crippen LogP contribution in [0.5, 0.6) is 11.6 Å². The van der Waals surface area contributed by atoms with Crippen molar-refractivity contribution in [3.63, 3.8) is 0 Å². The normalized spacial score (nSPS) is 22.3. The van der Waals surface area contributed by atoms with Gasteiger partial charge in [-0.25, -0.2) is 0 Å². The van der Waals surface area contributed by atoms with Crippen molar-refractivity contribution in [2.45, 2.75) is 76.9 Å². The van der Waals surface area contributed by atoms with E-state index in [2.05, 4.69) is 53.3 Å². The summed E-state index contributed by atoms with van der Waals surface area (Å²) in [5.41, 5.74) is 3.19. The molecule has 4 rings (SSSR count). The third kappa shape index (κ3) is 6.45. The molecule has 1 saturated heterocycles. The van der Waals surface area contributed by atoms with Gasteiger partial charge in [-0.2, -0.15) is 5.10 Å². The number of rotatable bonds is 9. The van der Waals surface area contributed by atoms with Gasteiger partial charge in [-0.15, -0.1) is 5.10 Å². The first-order valence-electron chi connectivity index (χ1n) is 12.8. The highest BCUT2D eigenvalue weighted by Crippen LogP contribution is 2.31. The van der Waals surface area contributed by atoms with Gasteiger partial charge >= 0.3 is 0 Å². The zero-order valence-electron chi connectivity index (χ0n) is 20.2. The molecule has 2 atom stereocenters. The fraction of sp³-hybridized carbons (Fsp3) is 0.630. The van der Waals surface area contributed by atoms with Crippen LogP contribution in [0.3, 0.4) is 0 Å². The summed E-state index contributed by atoms with van der Waals surface area (Å²) in [6.07, 6.45) is 10.4. The Morgan fingerprint density at radius 1 is 1.03 bits per heavy atom. The smallest absolute Gasteiger partial charge is 0.234 e. The third-order valence-electron chi connectivity index (χ3n) is 7.01. The van der Waals surface area contributed by atoms with E-state index in [4.69, 9.17) is 9.47 Å². The highest BCUT2D eigenvalue weighted by atomic mass is 16.5. The number of unbranched alkanes of at least 4 members (excludes halogenated alkanes) is 1. The van der Waals surface area contributed by atoms with Gasteiger partial charge in [0.25, 0.3) is 0 Å². The average Bonchev–Trinajstić information content (AvgIpc) is 2.85. The number of aryl methyl sites for hydroxylation is 1. The first kappa shape index (κ1) is 24.0. The molecule has 6 nitrogen and oxygen atoms in total. The molecule has 0 spiro atoms. The van der Waals surface area contributed by atoms with Crippen LogP contribution in [0.2, 0.25) is 0 Å². The lowest BCUT2D eigenvalue weighted by atomic mass is 9.95. The van der Waals surface area contributed by atoms with E-state index < -0.39 is 0 Å². The molecule has 1 aromatic carbocycles. The zero-order valence-corrected chi connectivity index (χ0v) is 20.2. The van der Waals surface area contributed by atoms with E-state index in [1.165, 1.54) is 19.3 Å². The maximum Gasteiger partial charge on any atom is 0.234 e. The molecule has 1 unspecified atom stereocenters. The van der Waals surface area contributed by atoms with Gasteiger partial charge in [-0.3, -0.25) is 0 Å². The van der Waals surface area contributed by atoms with Gasteiger partial charge in [0.05, 0.1) is 18.4 Å². The van der Waals surface area contributed by atoms with E-state index in [1.54, 1.807) is 0 Å². The maximum atomic E-state index is 9.82.